The molecule has 0 aromatic rings. The molecule has 2 atom stereocenters. The van der Waals surface area contributed by atoms with Gasteiger partial charge >= 0.3 is 17.9 Å². The van der Waals surface area contributed by atoms with Crippen LogP contribution in [0, 0.1) is 0 Å². The largest absolute Gasteiger partial charge is 0.477 e. The van der Waals surface area contributed by atoms with Crippen LogP contribution in [0.15, 0.2) is 48.6 Å². The molecule has 0 aliphatic heterocycles. The second-order valence-electron chi connectivity index (χ2n) is 13.2. The Labute approximate surface area is 286 Å². The zero-order valence-corrected chi connectivity index (χ0v) is 30.5. The number of ether oxygens (including phenoxy) is 3. The first-order chi connectivity index (χ1) is 22.6. The number of carbonyl (C=O) groups is 3. The molecule has 0 bridgehead atoms. The van der Waals surface area contributed by atoms with Crippen LogP contribution in [0.4, 0.5) is 0 Å². The molecule has 0 heterocycles. The molecule has 270 valence electrons. The number of allylic oxidation sites excluding steroid dienone is 8. The lowest BCUT2D eigenvalue weighted by molar-refractivity contribution is -0.887. The van der Waals surface area contributed by atoms with E-state index in [1.165, 1.54) is 44.9 Å². The monoisotopic (exact) mass is 662 g/mol. The lowest BCUT2D eigenvalue weighted by atomic mass is 10.1. The Morgan fingerprint density at radius 3 is 1.77 bits per heavy atom. The number of quaternary nitrogens is 1. The molecule has 2 unspecified atom stereocenters. The smallest absolute Gasteiger partial charge is 0.362 e. The maximum atomic E-state index is 12.6. The molecule has 47 heavy (non-hydrogen) atoms. The fraction of sp³-hybridized carbons (Fsp3) is 0.718. The number of esters is 2. The first-order valence-electron chi connectivity index (χ1n) is 18.2. The molecular formula is C39H68NO7+. The van der Waals surface area contributed by atoms with Crippen LogP contribution in [0.5, 0.6) is 0 Å². The first-order valence-corrected chi connectivity index (χ1v) is 18.2. The van der Waals surface area contributed by atoms with Crippen molar-refractivity contribution in [3.05, 3.63) is 48.6 Å². The number of aliphatic carboxylic acids is 1. The van der Waals surface area contributed by atoms with Crippen LogP contribution in [-0.4, -0.2) is 80.6 Å². The maximum Gasteiger partial charge on any atom is 0.362 e. The van der Waals surface area contributed by atoms with Gasteiger partial charge in [0.2, 0.25) is 0 Å². The SMILES string of the molecule is CC/C=C/C=C/C=C/C=C/CCCCCC(=O)OCC(COCCC(C(=O)O)[N+](C)(C)C)OC(=O)CCCCCCCCCCCC. The molecule has 0 spiro atoms. The van der Waals surface area contributed by atoms with Crippen molar-refractivity contribution in [1.82, 2.24) is 0 Å². The van der Waals surface area contributed by atoms with Crippen LogP contribution in [0.1, 0.15) is 129 Å². The Kier molecular flexibility index (Phi) is 28.8. The van der Waals surface area contributed by atoms with Gasteiger partial charge in [0, 0.05) is 19.3 Å². The van der Waals surface area contributed by atoms with E-state index in [4.69, 9.17) is 14.2 Å². The predicted molar refractivity (Wildman–Crippen MR) is 192 cm³/mol. The molecule has 0 aliphatic rings. The quantitative estimate of drug-likeness (QED) is 0.0343. The van der Waals surface area contributed by atoms with E-state index in [0.29, 0.717) is 19.3 Å². The average Bonchev–Trinajstić information content (AvgIpc) is 3.01. The van der Waals surface area contributed by atoms with E-state index in [0.717, 1.165) is 51.4 Å². The van der Waals surface area contributed by atoms with Gasteiger partial charge in [-0.2, -0.15) is 0 Å². The molecule has 8 heteroatoms. The molecule has 0 saturated carbocycles. The van der Waals surface area contributed by atoms with Gasteiger partial charge in [-0.3, -0.25) is 9.59 Å². The van der Waals surface area contributed by atoms with Gasteiger partial charge < -0.3 is 23.8 Å². The van der Waals surface area contributed by atoms with Crippen molar-refractivity contribution >= 4 is 17.9 Å². The summed E-state index contributed by atoms with van der Waals surface area (Å²) in [6.07, 6.45) is 33.0. The van der Waals surface area contributed by atoms with E-state index in [2.05, 4.69) is 26.0 Å². The molecule has 0 rings (SSSR count). The van der Waals surface area contributed by atoms with Gasteiger partial charge in [-0.25, -0.2) is 4.79 Å². The molecule has 0 aromatic heterocycles. The van der Waals surface area contributed by atoms with E-state index >= 15 is 0 Å². The molecule has 8 nitrogen and oxygen atoms in total. The summed E-state index contributed by atoms with van der Waals surface area (Å²) in [5, 5.41) is 9.56. The van der Waals surface area contributed by atoms with Crippen molar-refractivity contribution in [2.24, 2.45) is 0 Å². The third-order valence-corrected chi connectivity index (χ3v) is 7.84. The maximum absolute atomic E-state index is 12.6. The highest BCUT2D eigenvalue weighted by molar-refractivity contribution is 5.72. The second-order valence-corrected chi connectivity index (χ2v) is 13.2. The number of carboxylic acid groups (broad SMARTS) is 1. The number of hydrogen-bond acceptors (Lipinski definition) is 6. The Morgan fingerprint density at radius 2 is 1.19 bits per heavy atom. The molecule has 0 fully saturated rings. The Balaban J connectivity index is 4.52. The van der Waals surface area contributed by atoms with E-state index in [1.54, 1.807) is 0 Å². The van der Waals surface area contributed by atoms with E-state index in [9.17, 15) is 19.5 Å². The van der Waals surface area contributed by atoms with Crippen LogP contribution < -0.4 is 0 Å². The van der Waals surface area contributed by atoms with Gasteiger partial charge in [0.15, 0.2) is 12.1 Å². The molecule has 1 N–H and O–H groups in total. The number of nitrogens with zero attached hydrogens (tertiary/aromatic N) is 1. The molecule has 0 aliphatic carbocycles. The molecule has 0 aromatic carbocycles. The Hall–Kier alpha value is -2.71. The highest BCUT2D eigenvalue weighted by atomic mass is 16.6. The Bertz CT molecular complexity index is 917. The minimum Gasteiger partial charge on any atom is -0.477 e. The van der Waals surface area contributed by atoms with Gasteiger partial charge in [0.1, 0.15) is 6.61 Å². The van der Waals surface area contributed by atoms with Crippen molar-refractivity contribution in [3.63, 3.8) is 0 Å². The van der Waals surface area contributed by atoms with E-state index in [1.807, 2.05) is 57.6 Å². The van der Waals surface area contributed by atoms with Crippen molar-refractivity contribution in [1.29, 1.82) is 0 Å². The van der Waals surface area contributed by atoms with E-state index < -0.39 is 18.1 Å². The first kappa shape index (κ1) is 44.3. The van der Waals surface area contributed by atoms with Gasteiger partial charge in [0.05, 0.1) is 34.4 Å². The van der Waals surface area contributed by atoms with Crippen LogP contribution in [-0.2, 0) is 28.6 Å². The summed E-state index contributed by atoms with van der Waals surface area (Å²) in [7, 11) is 5.49. The summed E-state index contributed by atoms with van der Waals surface area (Å²) in [5.41, 5.74) is 0. The molecular weight excluding hydrogens is 594 g/mol. The third-order valence-electron chi connectivity index (χ3n) is 7.84. The predicted octanol–water partition coefficient (Wildman–Crippen LogP) is 8.90. The van der Waals surface area contributed by atoms with Crippen LogP contribution >= 0.6 is 0 Å². The van der Waals surface area contributed by atoms with Gasteiger partial charge in [-0.05, 0) is 32.1 Å². The van der Waals surface area contributed by atoms with Crippen molar-refractivity contribution in [2.45, 2.75) is 142 Å². The number of hydrogen-bond donors (Lipinski definition) is 1. The summed E-state index contributed by atoms with van der Waals surface area (Å²) in [6, 6.07) is -0.618. The number of unbranched alkanes of at least 4 members (excludes halogenated alkanes) is 12. The minimum absolute atomic E-state index is 0.0482. The van der Waals surface area contributed by atoms with Gasteiger partial charge in [-0.15, -0.1) is 0 Å². The zero-order valence-electron chi connectivity index (χ0n) is 30.5. The molecule has 0 saturated heterocycles. The van der Waals surface area contributed by atoms with Gasteiger partial charge in [0.25, 0.3) is 0 Å². The lowest BCUT2D eigenvalue weighted by Gasteiger charge is -2.31. The Morgan fingerprint density at radius 1 is 0.660 bits per heavy atom. The minimum atomic E-state index is -0.884. The van der Waals surface area contributed by atoms with Gasteiger partial charge in [-0.1, -0.05) is 127 Å². The van der Waals surface area contributed by atoms with Crippen molar-refractivity contribution in [2.75, 3.05) is 41.0 Å². The number of likely N-dealkylation sites (N-methyl/N-ethyl adjacent to an activating group) is 1. The van der Waals surface area contributed by atoms with Crippen molar-refractivity contribution in [3.8, 4) is 0 Å². The fourth-order valence-electron chi connectivity index (χ4n) is 4.98. The molecule has 0 radical (unpaired) electrons. The summed E-state index contributed by atoms with van der Waals surface area (Å²) < 4.78 is 17.1. The number of carbonyl (C=O) groups excluding carboxylic acids is 2. The fourth-order valence-corrected chi connectivity index (χ4v) is 4.98. The molecule has 0 amide bonds. The standard InChI is InChI=1S/C39H67NO7/c1-6-8-10-12-14-16-18-19-20-22-23-25-27-29-37(41)46-34-35(33-45-32-31-36(39(43)44)40(3,4)5)47-38(42)30-28-26-24-21-17-15-13-11-9-7-2/h8,10,12,14,16,18-20,35-36H,6-7,9,11,13,15,17,21-34H2,1-5H3/p+1/b10-8+,14-12+,18-16+,20-19+. The van der Waals surface area contributed by atoms with Crippen molar-refractivity contribution < 1.29 is 38.2 Å². The normalized spacial score (nSPS) is 13.6. The highest BCUT2D eigenvalue weighted by Crippen LogP contribution is 2.13. The zero-order chi connectivity index (χ0) is 35.0. The van der Waals surface area contributed by atoms with Crippen LogP contribution in [0.25, 0.3) is 0 Å². The van der Waals surface area contributed by atoms with Crippen LogP contribution in [0.2, 0.25) is 0 Å². The second kappa shape index (κ2) is 30.6. The number of carboxylic acids is 1. The summed E-state index contributed by atoms with van der Waals surface area (Å²) in [6.45, 7) is 4.51. The van der Waals surface area contributed by atoms with Crippen LogP contribution in [0.3, 0.4) is 0 Å². The van der Waals surface area contributed by atoms with E-state index in [-0.39, 0.29) is 36.2 Å². The summed E-state index contributed by atoms with van der Waals surface area (Å²) in [4.78, 5) is 36.7. The topological polar surface area (TPSA) is 99.1 Å². The third kappa shape index (κ3) is 29.2. The highest BCUT2D eigenvalue weighted by Gasteiger charge is 2.31. The number of rotatable bonds is 31. The summed E-state index contributed by atoms with van der Waals surface area (Å²) in [5.74, 6) is -1.53. The summed E-state index contributed by atoms with van der Waals surface area (Å²) >= 11 is 0. The average molecular weight is 663 g/mol. The lowest BCUT2D eigenvalue weighted by Crippen LogP contribution is -2.50.